The van der Waals surface area contributed by atoms with Crippen LogP contribution < -0.4 is 0 Å². The van der Waals surface area contributed by atoms with E-state index in [4.69, 9.17) is 0 Å². The standard InChI is InChI=1S/C12H7BrN2S2/c13-8-4-3-7-14-11(8)17-12-15-9-5-1-2-6-10(9)16-12/h1-7H. The number of thiazole rings is 1. The maximum absolute atomic E-state index is 4.57. The molecule has 0 bridgehead atoms. The Morgan fingerprint density at radius 1 is 1.12 bits per heavy atom. The van der Waals surface area contributed by atoms with Crippen molar-refractivity contribution in [3.8, 4) is 0 Å². The lowest BCUT2D eigenvalue weighted by molar-refractivity contribution is 1.10. The van der Waals surface area contributed by atoms with Gasteiger partial charge in [-0.25, -0.2) is 9.97 Å². The summed E-state index contributed by atoms with van der Waals surface area (Å²) in [5.41, 5.74) is 1.05. The average molecular weight is 323 g/mol. The predicted molar refractivity (Wildman–Crippen MR) is 75.7 cm³/mol. The van der Waals surface area contributed by atoms with Crippen LogP contribution in [0.4, 0.5) is 0 Å². The molecule has 0 radical (unpaired) electrons. The highest BCUT2D eigenvalue weighted by Crippen LogP contribution is 2.36. The molecule has 0 N–H and O–H groups in total. The van der Waals surface area contributed by atoms with Gasteiger partial charge >= 0.3 is 0 Å². The number of fused-ring (bicyclic) bond motifs is 1. The second-order valence-corrected chi connectivity index (χ2v) is 6.46. The molecule has 17 heavy (non-hydrogen) atoms. The number of rotatable bonds is 2. The van der Waals surface area contributed by atoms with Gasteiger partial charge in [0.2, 0.25) is 0 Å². The van der Waals surface area contributed by atoms with Gasteiger partial charge in [-0.15, -0.1) is 11.3 Å². The fraction of sp³-hybridized carbons (Fsp3) is 0. The first kappa shape index (κ1) is 11.2. The summed E-state index contributed by atoms with van der Waals surface area (Å²) in [6.45, 7) is 0. The van der Waals surface area contributed by atoms with Gasteiger partial charge < -0.3 is 0 Å². The van der Waals surface area contributed by atoms with Crippen LogP contribution in [0.1, 0.15) is 0 Å². The van der Waals surface area contributed by atoms with E-state index in [2.05, 4.69) is 32.0 Å². The molecule has 3 aromatic rings. The van der Waals surface area contributed by atoms with Gasteiger partial charge in [0, 0.05) is 6.20 Å². The summed E-state index contributed by atoms with van der Waals surface area (Å²) in [5.74, 6) is 0. The molecule has 0 fully saturated rings. The number of pyridine rings is 1. The number of hydrogen-bond acceptors (Lipinski definition) is 4. The molecule has 0 saturated carbocycles. The van der Waals surface area contributed by atoms with Crippen LogP contribution in [0.3, 0.4) is 0 Å². The van der Waals surface area contributed by atoms with Crippen molar-refractivity contribution >= 4 is 49.2 Å². The third-order valence-electron chi connectivity index (χ3n) is 2.18. The SMILES string of the molecule is Brc1cccnc1Sc1nc2ccccc2s1. The number of para-hydroxylation sites is 1. The minimum absolute atomic E-state index is 0.951. The van der Waals surface area contributed by atoms with Crippen molar-refractivity contribution in [3.63, 3.8) is 0 Å². The summed E-state index contributed by atoms with van der Waals surface area (Å²) >= 11 is 6.77. The number of benzene rings is 1. The lowest BCUT2D eigenvalue weighted by atomic mass is 10.3. The number of hydrogen-bond donors (Lipinski definition) is 0. The third kappa shape index (κ3) is 2.36. The van der Waals surface area contributed by atoms with Crippen LogP contribution >= 0.6 is 39.0 Å². The molecular weight excluding hydrogens is 316 g/mol. The fourth-order valence-corrected chi connectivity index (χ4v) is 3.88. The molecule has 3 rings (SSSR count). The monoisotopic (exact) mass is 322 g/mol. The van der Waals surface area contributed by atoms with Gasteiger partial charge in [-0.1, -0.05) is 12.1 Å². The molecular formula is C12H7BrN2S2. The van der Waals surface area contributed by atoms with Crippen LogP contribution in [-0.4, -0.2) is 9.97 Å². The lowest BCUT2D eigenvalue weighted by Gasteiger charge is -1.98. The van der Waals surface area contributed by atoms with Gasteiger partial charge in [0.05, 0.1) is 14.7 Å². The highest BCUT2D eigenvalue weighted by Gasteiger charge is 2.08. The summed E-state index contributed by atoms with van der Waals surface area (Å²) in [6, 6.07) is 12.1. The first-order valence-electron chi connectivity index (χ1n) is 4.97. The molecule has 0 aliphatic carbocycles. The van der Waals surface area contributed by atoms with Crippen molar-refractivity contribution in [1.82, 2.24) is 9.97 Å². The Balaban J connectivity index is 1.98. The zero-order valence-electron chi connectivity index (χ0n) is 8.63. The van der Waals surface area contributed by atoms with E-state index in [9.17, 15) is 0 Å². The molecule has 5 heteroatoms. The van der Waals surface area contributed by atoms with Crippen LogP contribution in [0, 0.1) is 0 Å². The van der Waals surface area contributed by atoms with Crippen molar-refractivity contribution in [2.75, 3.05) is 0 Å². The lowest BCUT2D eigenvalue weighted by Crippen LogP contribution is -1.79. The van der Waals surface area contributed by atoms with Crippen LogP contribution in [-0.2, 0) is 0 Å². The third-order valence-corrected chi connectivity index (χ3v) is 5.20. The van der Waals surface area contributed by atoms with E-state index in [1.165, 1.54) is 4.70 Å². The molecule has 1 aromatic carbocycles. The topological polar surface area (TPSA) is 25.8 Å². The van der Waals surface area contributed by atoms with E-state index in [1.807, 2.05) is 30.3 Å². The first-order valence-corrected chi connectivity index (χ1v) is 7.39. The summed E-state index contributed by atoms with van der Waals surface area (Å²) in [7, 11) is 0. The average Bonchev–Trinajstić information content (AvgIpc) is 2.74. The number of halogens is 1. The van der Waals surface area contributed by atoms with Crippen LogP contribution in [0.5, 0.6) is 0 Å². The van der Waals surface area contributed by atoms with Gasteiger partial charge in [0.1, 0.15) is 5.03 Å². The summed E-state index contributed by atoms with van der Waals surface area (Å²) in [5, 5.41) is 0.951. The quantitative estimate of drug-likeness (QED) is 0.689. The van der Waals surface area contributed by atoms with Crippen molar-refractivity contribution in [3.05, 3.63) is 47.1 Å². The van der Waals surface area contributed by atoms with Crippen molar-refractivity contribution in [2.24, 2.45) is 0 Å². The minimum Gasteiger partial charge on any atom is -0.248 e. The molecule has 2 aromatic heterocycles. The summed E-state index contributed by atoms with van der Waals surface area (Å²) < 4.78 is 3.23. The Labute approximate surface area is 115 Å². The first-order chi connectivity index (χ1) is 8.33. The van der Waals surface area contributed by atoms with E-state index in [0.29, 0.717) is 0 Å². The van der Waals surface area contributed by atoms with Gasteiger partial charge in [0.25, 0.3) is 0 Å². The Bertz CT molecular complexity index is 633. The zero-order chi connectivity index (χ0) is 11.7. The maximum atomic E-state index is 4.57. The Kier molecular flexibility index (Phi) is 3.13. The van der Waals surface area contributed by atoms with E-state index < -0.39 is 0 Å². The Hall–Kier alpha value is -0.910. The van der Waals surface area contributed by atoms with Gasteiger partial charge in [-0.2, -0.15) is 0 Å². The maximum Gasteiger partial charge on any atom is 0.157 e. The summed E-state index contributed by atoms with van der Waals surface area (Å²) in [4.78, 5) is 8.90. The highest BCUT2D eigenvalue weighted by molar-refractivity contribution is 9.10. The van der Waals surface area contributed by atoms with E-state index in [0.717, 1.165) is 19.4 Å². The minimum atomic E-state index is 0.951. The Morgan fingerprint density at radius 3 is 2.82 bits per heavy atom. The molecule has 2 nitrogen and oxygen atoms in total. The molecule has 0 aliphatic heterocycles. The van der Waals surface area contributed by atoms with E-state index >= 15 is 0 Å². The van der Waals surface area contributed by atoms with Crippen molar-refractivity contribution in [1.29, 1.82) is 0 Å². The number of aromatic nitrogens is 2. The predicted octanol–water partition coefficient (Wildman–Crippen LogP) is 4.61. The number of nitrogens with zero attached hydrogens (tertiary/aromatic N) is 2. The molecule has 84 valence electrons. The Morgan fingerprint density at radius 2 is 2.00 bits per heavy atom. The van der Waals surface area contributed by atoms with Crippen molar-refractivity contribution < 1.29 is 0 Å². The molecule has 0 amide bonds. The summed E-state index contributed by atoms with van der Waals surface area (Å²) in [6.07, 6.45) is 1.79. The van der Waals surface area contributed by atoms with E-state index in [-0.39, 0.29) is 0 Å². The molecule has 2 heterocycles. The normalized spacial score (nSPS) is 10.9. The van der Waals surface area contributed by atoms with E-state index in [1.54, 1.807) is 29.3 Å². The highest BCUT2D eigenvalue weighted by atomic mass is 79.9. The molecule has 0 saturated heterocycles. The van der Waals surface area contributed by atoms with Crippen LogP contribution in [0.25, 0.3) is 10.2 Å². The van der Waals surface area contributed by atoms with Crippen molar-refractivity contribution in [2.45, 2.75) is 9.37 Å². The molecule has 0 aliphatic rings. The smallest absolute Gasteiger partial charge is 0.157 e. The molecule has 0 unspecified atom stereocenters. The van der Waals surface area contributed by atoms with Gasteiger partial charge in [0.15, 0.2) is 4.34 Å². The molecule has 0 spiro atoms. The molecule has 0 atom stereocenters. The largest absolute Gasteiger partial charge is 0.248 e. The van der Waals surface area contributed by atoms with Gasteiger partial charge in [-0.05, 0) is 52.0 Å². The second kappa shape index (κ2) is 4.76. The van der Waals surface area contributed by atoms with Gasteiger partial charge in [-0.3, -0.25) is 0 Å². The fourth-order valence-electron chi connectivity index (χ4n) is 1.42. The zero-order valence-corrected chi connectivity index (χ0v) is 11.8. The second-order valence-electron chi connectivity index (χ2n) is 3.34. The van der Waals surface area contributed by atoms with Crippen LogP contribution in [0.2, 0.25) is 0 Å². The van der Waals surface area contributed by atoms with Crippen LogP contribution in [0.15, 0.2) is 56.4 Å².